The summed E-state index contributed by atoms with van der Waals surface area (Å²) < 4.78 is 36.8. The number of hydrogen-bond donors (Lipinski definition) is 0. The molecule has 0 atom stereocenters. The maximum absolute atomic E-state index is 16.4. The fraction of sp³-hybridized carbons (Fsp3) is 0. The second kappa shape index (κ2) is 12.4. The Labute approximate surface area is 309 Å². The Bertz CT molecular complexity index is 2930. The lowest BCUT2D eigenvalue weighted by atomic mass is 9.97. The molecule has 2 heterocycles. The van der Waals surface area contributed by atoms with Crippen LogP contribution < -0.4 is 0 Å². The molecule has 0 bridgehead atoms. The summed E-state index contributed by atoms with van der Waals surface area (Å²) in [6, 6.07) is 58.9. The molecule has 0 unspecified atom stereocenters. The van der Waals surface area contributed by atoms with Gasteiger partial charge in [0.15, 0.2) is 0 Å². The largest absolute Gasteiger partial charge is 0.308 e. The van der Waals surface area contributed by atoms with E-state index < -0.39 is 11.6 Å². The van der Waals surface area contributed by atoms with E-state index in [0.717, 1.165) is 65.9 Å². The molecular weight excluding hydrogens is 669 g/mol. The van der Waals surface area contributed by atoms with Crippen molar-refractivity contribution in [3.05, 3.63) is 193 Å². The first kappa shape index (κ1) is 31.4. The molecule has 0 fully saturated rings. The van der Waals surface area contributed by atoms with Crippen LogP contribution in [0, 0.1) is 23.0 Å². The smallest absolute Gasteiger partial charge is 0.134 e. The Morgan fingerprint density at radius 1 is 0.370 bits per heavy atom. The van der Waals surface area contributed by atoms with E-state index in [9.17, 15) is 5.26 Å². The van der Waals surface area contributed by atoms with E-state index in [2.05, 4.69) is 78.9 Å². The van der Waals surface area contributed by atoms with Crippen LogP contribution in [0.3, 0.4) is 0 Å². The fourth-order valence-electron chi connectivity index (χ4n) is 8.11. The number of nitriles is 1. The van der Waals surface area contributed by atoms with Crippen molar-refractivity contribution in [3.63, 3.8) is 0 Å². The molecule has 0 N–H and O–H groups in total. The molecule has 10 rings (SSSR count). The summed E-state index contributed by atoms with van der Waals surface area (Å²) in [6.07, 6.45) is 0. The summed E-state index contributed by atoms with van der Waals surface area (Å²) in [5.41, 5.74) is 9.22. The summed E-state index contributed by atoms with van der Waals surface area (Å²) >= 11 is 0. The van der Waals surface area contributed by atoms with Gasteiger partial charge in [-0.2, -0.15) is 5.26 Å². The molecule has 3 nitrogen and oxygen atoms in total. The van der Waals surface area contributed by atoms with Crippen LogP contribution in [0.15, 0.2) is 176 Å². The Hall–Kier alpha value is -7.29. The number of fused-ring (bicyclic) bond motifs is 6. The SMILES string of the molecule is N#Cc1cc(-n2c3ccccc3c3cc(-c4ccccc4)ccc32)c(-c2c(F)cccc2F)c(-n2c3ccccc3c3cc(-c4ccccc4)ccc32)c1. The Morgan fingerprint density at radius 3 is 1.26 bits per heavy atom. The van der Waals surface area contributed by atoms with Crippen LogP contribution in [-0.2, 0) is 0 Å². The summed E-state index contributed by atoms with van der Waals surface area (Å²) in [7, 11) is 0. The third kappa shape index (κ3) is 4.85. The molecule has 2 aromatic heterocycles. The molecule has 8 aromatic carbocycles. The first-order valence-corrected chi connectivity index (χ1v) is 17.8. The third-order valence-corrected chi connectivity index (χ3v) is 10.5. The molecule has 54 heavy (non-hydrogen) atoms. The Balaban J connectivity index is 1.35. The minimum atomic E-state index is -0.693. The zero-order chi connectivity index (χ0) is 36.3. The van der Waals surface area contributed by atoms with E-state index in [-0.39, 0.29) is 5.56 Å². The van der Waals surface area contributed by atoms with E-state index in [4.69, 9.17) is 0 Å². The lowest BCUT2D eigenvalue weighted by molar-refractivity contribution is 0.589. The van der Waals surface area contributed by atoms with E-state index in [0.29, 0.717) is 22.5 Å². The number of halogens is 2. The average Bonchev–Trinajstić information content (AvgIpc) is 3.73. The maximum Gasteiger partial charge on any atom is 0.134 e. The van der Waals surface area contributed by atoms with Crippen molar-refractivity contribution in [3.8, 4) is 50.8 Å². The van der Waals surface area contributed by atoms with Gasteiger partial charge < -0.3 is 9.13 Å². The van der Waals surface area contributed by atoms with Crippen LogP contribution in [0.4, 0.5) is 8.78 Å². The minimum absolute atomic E-state index is 0.161. The van der Waals surface area contributed by atoms with Crippen LogP contribution in [0.2, 0.25) is 0 Å². The molecule has 0 spiro atoms. The normalized spacial score (nSPS) is 11.5. The van der Waals surface area contributed by atoms with Gasteiger partial charge in [0.1, 0.15) is 11.6 Å². The van der Waals surface area contributed by atoms with Crippen molar-refractivity contribution in [1.29, 1.82) is 5.26 Å². The van der Waals surface area contributed by atoms with Gasteiger partial charge in [-0.1, -0.05) is 115 Å². The maximum atomic E-state index is 16.4. The molecule has 0 aliphatic rings. The highest BCUT2D eigenvalue weighted by Gasteiger charge is 2.26. The number of rotatable bonds is 5. The summed E-state index contributed by atoms with van der Waals surface area (Å²) in [6.45, 7) is 0. The van der Waals surface area contributed by atoms with Crippen LogP contribution in [0.1, 0.15) is 5.56 Å². The lowest BCUT2D eigenvalue weighted by Crippen LogP contribution is -2.07. The predicted octanol–water partition coefficient (Wildman–Crippen LogP) is 13.0. The number of benzene rings is 8. The molecule has 0 saturated heterocycles. The second-order valence-corrected chi connectivity index (χ2v) is 13.5. The van der Waals surface area contributed by atoms with Gasteiger partial charge in [-0.05, 0) is 82.9 Å². The molecular formula is C49H29F2N3. The lowest BCUT2D eigenvalue weighted by Gasteiger charge is -2.21. The molecule has 254 valence electrons. The van der Waals surface area contributed by atoms with E-state index in [1.165, 1.54) is 18.2 Å². The van der Waals surface area contributed by atoms with Gasteiger partial charge in [0.2, 0.25) is 0 Å². The predicted molar refractivity (Wildman–Crippen MR) is 216 cm³/mol. The molecule has 0 aliphatic heterocycles. The number of aromatic nitrogens is 2. The standard InChI is InChI=1S/C49H29F2N3/c50-40-18-11-19-41(51)48(40)49-46(53-42-20-9-7-16-36(42)38-28-34(22-24-44(38)53)32-12-3-1-4-13-32)26-31(30-52)27-47(49)54-43-21-10-8-17-37(43)39-29-35(23-25-45(39)54)33-14-5-2-6-15-33/h1-29H. The molecule has 5 heteroatoms. The van der Waals surface area contributed by atoms with Gasteiger partial charge in [0.05, 0.1) is 50.6 Å². The van der Waals surface area contributed by atoms with Gasteiger partial charge in [0.25, 0.3) is 0 Å². The van der Waals surface area contributed by atoms with Gasteiger partial charge in [-0.15, -0.1) is 0 Å². The minimum Gasteiger partial charge on any atom is -0.308 e. The Kier molecular flexibility index (Phi) is 7.24. The van der Waals surface area contributed by atoms with Crippen LogP contribution in [-0.4, -0.2) is 9.13 Å². The van der Waals surface area contributed by atoms with Crippen molar-refractivity contribution in [2.24, 2.45) is 0 Å². The van der Waals surface area contributed by atoms with Crippen LogP contribution in [0.5, 0.6) is 0 Å². The van der Waals surface area contributed by atoms with E-state index >= 15 is 8.78 Å². The van der Waals surface area contributed by atoms with Gasteiger partial charge >= 0.3 is 0 Å². The topological polar surface area (TPSA) is 33.6 Å². The second-order valence-electron chi connectivity index (χ2n) is 13.5. The first-order chi connectivity index (χ1) is 26.6. The highest BCUT2D eigenvalue weighted by molar-refractivity contribution is 6.13. The number of hydrogen-bond acceptors (Lipinski definition) is 1. The van der Waals surface area contributed by atoms with Crippen molar-refractivity contribution >= 4 is 43.6 Å². The molecule has 0 aliphatic carbocycles. The van der Waals surface area contributed by atoms with E-state index in [1.807, 2.05) is 81.9 Å². The quantitative estimate of drug-likeness (QED) is 0.176. The summed E-state index contributed by atoms with van der Waals surface area (Å²) in [5, 5.41) is 14.6. The zero-order valence-electron chi connectivity index (χ0n) is 28.8. The summed E-state index contributed by atoms with van der Waals surface area (Å²) in [4.78, 5) is 0. The average molecular weight is 698 g/mol. The first-order valence-electron chi connectivity index (χ1n) is 17.8. The Morgan fingerprint density at radius 2 is 0.796 bits per heavy atom. The number of para-hydroxylation sites is 2. The van der Waals surface area contributed by atoms with E-state index in [1.54, 1.807) is 12.1 Å². The highest BCUT2D eigenvalue weighted by Crippen LogP contribution is 2.45. The van der Waals surface area contributed by atoms with Crippen molar-refractivity contribution in [1.82, 2.24) is 9.13 Å². The van der Waals surface area contributed by atoms with Gasteiger partial charge in [-0.25, -0.2) is 8.78 Å². The molecule has 0 amide bonds. The molecule has 0 saturated carbocycles. The van der Waals surface area contributed by atoms with Gasteiger partial charge in [0, 0.05) is 27.1 Å². The van der Waals surface area contributed by atoms with Gasteiger partial charge in [-0.3, -0.25) is 0 Å². The highest BCUT2D eigenvalue weighted by atomic mass is 19.1. The van der Waals surface area contributed by atoms with Crippen molar-refractivity contribution < 1.29 is 8.78 Å². The molecule has 10 aromatic rings. The van der Waals surface area contributed by atoms with Crippen molar-refractivity contribution in [2.75, 3.05) is 0 Å². The molecule has 0 radical (unpaired) electrons. The summed E-state index contributed by atoms with van der Waals surface area (Å²) in [5.74, 6) is -1.39. The van der Waals surface area contributed by atoms with Crippen molar-refractivity contribution in [2.45, 2.75) is 0 Å². The third-order valence-electron chi connectivity index (χ3n) is 10.5. The zero-order valence-corrected chi connectivity index (χ0v) is 28.8. The number of nitrogens with zero attached hydrogens (tertiary/aromatic N) is 3. The van der Waals surface area contributed by atoms with Crippen LogP contribution in [0.25, 0.3) is 88.4 Å². The monoisotopic (exact) mass is 697 g/mol. The fourth-order valence-corrected chi connectivity index (χ4v) is 8.11. The van der Waals surface area contributed by atoms with Crippen LogP contribution >= 0.6 is 0 Å².